The Bertz CT molecular complexity index is 378. The fourth-order valence-corrected chi connectivity index (χ4v) is 1.13. The van der Waals surface area contributed by atoms with Gasteiger partial charge in [-0.15, -0.1) is 11.6 Å². The number of halogens is 1. The number of primary amides is 1. The molecule has 0 radical (unpaired) electrons. The van der Waals surface area contributed by atoms with Gasteiger partial charge in [-0.2, -0.15) is 0 Å². The number of nitrogens with two attached hydrogens (primary N) is 1. The first-order valence-corrected chi connectivity index (χ1v) is 4.22. The van der Waals surface area contributed by atoms with E-state index in [1.807, 2.05) is 0 Å². The third kappa shape index (κ3) is 2.23. The molecule has 1 rings (SSSR count). The molecule has 0 fully saturated rings. The van der Waals surface area contributed by atoms with E-state index in [1.165, 1.54) is 24.3 Å². The fourth-order valence-electron chi connectivity index (χ4n) is 0.992. The Labute approximate surface area is 85.3 Å². The number of amides is 1. The van der Waals surface area contributed by atoms with Crippen LogP contribution in [0.15, 0.2) is 24.3 Å². The van der Waals surface area contributed by atoms with Crippen LogP contribution in [-0.4, -0.2) is 17.0 Å². The molecule has 0 spiro atoms. The van der Waals surface area contributed by atoms with Gasteiger partial charge < -0.3 is 10.8 Å². The molecule has 0 saturated heterocycles. The average molecular weight is 214 g/mol. The SMILES string of the molecule is NC(=O)c1cccc(C(Cl)C(=O)O)c1. The lowest BCUT2D eigenvalue weighted by molar-refractivity contribution is -0.136. The zero-order valence-electron chi connectivity index (χ0n) is 7.11. The van der Waals surface area contributed by atoms with Crippen LogP contribution in [-0.2, 0) is 4.79 Å². The summed E-state index contributed by atoms with van der Waals surface area (Å²) in [4.78, 5) is 21.3. The Morgan fingerprint density at radius 2 is 2.07 bits per heavy atom. The highest BCUT2D eigenvalue weighted by molar-refractivity contribution is 6.29. The molecule has 3 N–H and O–H groups in total. The predicted molar refractivity (Wildman–Crippen MR) is 51.2 cm³/mol. The van der Waals surface area contributed by atoms with Crippen molar-refractivity contribution in [2.45, 2.75) is 5.38 Å². The Kier molecular flexibility index (Phi) is 3.09. The molecule has 4 nitrogen and oxygen atoms in total. The van der Waals surface area contributed by atoms with Gasteiger partial charge in [0.25, 0.3) is 0 Å². The number of aliphatic carboxylic acids is 1. The standard InChI is InChI=1S/C9H8ClNO3/c10-7(9(13)14)5-2-1-3-6(4-5)8(11)12/h1-4,7H,(H2,11,12)(H,13,14). The smallest absolute Gasteiger partial charge is 0.326 e. The van der Waals surface area contributed by atoms with Gasteiger partial charge in [0.15, 0.2) is 5.38 Å². The van der Waals surface area contributed by atoms with Crippen LogP contribution >= 0.6 is 11.6 Å². The van der Waals surface area contributed by atoms with E-state index < -0.39 is 17.3 Å². The number of benzene rings is 1. The van der Waals surface area contributed by atoms with E-state index in [2.05, 4.69) is 0 Å². The lowest BCUT2D eigenvalue weighted by Crippen LogP contribution is -2.12. The molecule has 0 saturated carbocycles. The number of carboxylic acids is 1. The van der Waals surface area contributed by atoms with Crippen molar-refractivity contribution in [3.05, 3.63) is 35.4 Å². The summed E-state index contributed by atoms with van der Waals surface area (Å²) in [5.74, 6) is -1.77. The van der Waals surface area contributed by atoms with Crippen LogP contribution < -0.4 is 5.73 Å². The average Bonchev–Trinajstić information content (AvgIpc) is 2.16. The molecular formula is C9H8ClNO3. The summed E-state index contributed by atoms with van der Waals surface area (Å²) in [6.07, 6.45) is 0. The number of hydrogen-bond acceptors (Lipinski definition) is 2. The summed E-state index contributed by atoms with van der Waals surface area (Å²) >= 11 is 5.57. The second-order valence-corrected chi connectivity index (χ2v) is 3.13. The molecule has 0 aliphatic rings. The van der Waals surface area contributed by atoms with E-state index >= 15 is 0 Å². The van der Waals surface area contributed by atoms with E-state index in [0.717, 1.165) is 0 Å². The van der Waals surface area contributed by atoms with E-state index in [0.29, 0.717) is 5.56 Å². The monoisotopic (exact) mass is 213 g/mol. The van der Waals surface area contributed by atoms with Crippen molar-refractivity contribution in [3.63, 3.8) is 0 Å². The summed E-state index contributed by atoms with van der Waals surface area (Å²) in [5.41, 5.74) is 5.62. The number of rotatable bonds is 3. The maximum Gasteiger partial charge on any atom is 0.326 e. The zero-order valence-corrected chi connectivity index (χ0v) is 7.86. The van der Waals surface area contributed by atoms with Gasteiger partial charge in [-0.1, -0.05) is 12.1 Å². The third-order valence-corrected chi connectivity index (χ3v) is 2.12. The summed E-state index contributed by atoms with van der Waals surface area (Å²) in [6, 6.07) is 5.93. The summed E-state index contributed by atoms with van der Waals surface area (Å²) in [5, 5.41) is 7.46. The van der Waals surface area contributed by atoms with E-state index in [9.17, 15) is 9.59 Å². The van der Waals surface area contributed by atoms with Crippen molar-refractivity contribution in [3.8, 4) is 0 Å². The summed E-state index contributed by atoms with van der Waals surface area (Å²) in [7, 11) is 0. The Balaban J connectivity index is 3.05. The number of carbonyl (C=O) groups is 2. The Morgan fingerprint density at radius 1 is 1.43 bits per heavy atom. The van der Waals surface area contributed by atoms with Crippen molar-refractivity contribution in [1.29, 1.82) is 0 Å². The summed E-state index contributed by atoms with van der Waals surface area (Å²) < 4.78 is 0. The van der Waals surface area contributed by atoms with Gasteiger partial charge in [-0.25, -0.2) is 0 Å². The molecule has 74 valence electrons. The quantitative estimate of drug-likeness (QED) is 0.739. The molecule has 14 heavy (non-hydrogen) atoms. The first-order chi connectivity index (χ1) is 6.52. The number of carbonyl (C=O) groups excluding carboxylic acids is 1. The molecule has 1 amide bonds. The zero-order chi connectivity index (χ0) is 10.7. The first kappa shape index (κ1) is 10.5. The first-order valence-electron chi connectivity index (χ1n) is 3.79. The molecule has 1 unspecified atom stereocenters. The topological polar surface area (TPSA) is 80.4 Å². The van der Waals surface area contributed by atoms with Gasteiger partial charge in [-0.3, -0.25) is 9.59 Å². The predicted octanol–water partition coefficient (Wildman–Crippen LogP) is 1.15. The van der Waals surface area contributed by atoms with Crippen molar-refractivity contribution in [1.82, 2.24) is 0 Å². The molecule has 5 heteroatoms. The van der Waals surface area contributed by atoms with Crippen molar-refractivity contribution in [2.75, 3.05) is 0 Å². The number of hydrogen-bond donors (Lipinski definition) is 2. The van der Waals surface area contributed by atoms with Crippen LogP contribution in [0.1, 0.15) is 21.3 Å². The highest BCUT2D eigenvalue weighted by Crippen LogP contribution is 2.21. The lowest BCUT2D eigenvalue weighted by atomic mass is 10.1. The molecule has 0 bridgehead atoms. The van der Waals surface area contributed by atoms with Crippen LogP contribution in [0.3, 0.4) is 0 Å². The summed E-state index contributed by atoms with van der Waals surface area (Å²) in [6.45, 7) is 0. The van der Waals surface area contributed by atoms with Crippen molar-refractivity contribution in [2.24, 2.45) is 5.73 Å². The second kappa shape index (κ2) is 4.11. The number of carboxylic acid groups (broad SMARTS) is 1. The Hall–Kier alpha value is -1.55. The van der Waals surface area contributed by atoms with Gasteiger partial charge >= 0.3 is 5.97 Å². The molecule has 0 aliphatic heterocycles. The minimum Gasteiger partial charge on any atom is -0.480 e. The minimum atomic E-state index is -1.16. The van der Waals surface area contributed by atoms with Crippen molar-refractivity contribution >= 4 is 23.5 Å². The molecule has 1 aromatic rings. The van der Waals surface area contributed by atoms with Crippen LogP contribution in [0.25, 0.3) is 0 Å². The highest BCUT2D eigenvalue weighted by atomic mass is 35.5. The fraction of sp³-hybridized carbons (Fsp3) is 0.111. The van der Waals surface area contributed by atoms with Gasteiger partial charge in [0.2, 0.25) is 5.91 Å². The second-order valence-electron chi connectivity index (χ2n) is 2.69. The maximum atomic E-state index is 10.8. The molecule has 1 atom stereocenters. The molecule has 0 aliphatic carbocycles. The van der Waals surface area contributed by atoms with E-state index in [-0.39, 0.29) is 5.56 Å². The van der Waals surface area contributed by atoms with Crippen LogP contribution in [0, 0.1) is 0 Å². The van der Waals surface area contributed by atoms with E-state index in [1.54, 1.807) is 0 Å². The molecule has 0 heterocycles. The van der Waals surface area contributed by atoms with Crippen LogP contribution in [0.4, 0.5) is 0 Å². The van der Waals surface area contributed by atoms with Gasteiger partial charge in [0, 0.05) is 5.56 Å². The third-order valence-electron chi connectivity index (χ3n) is 1.68. The van der Waals surface area contributed by atoms with Crippen molar-refractivity contribution < 1.29 is 14.7 Å². The normalized spacial score (nSPS) is 12.1. The van der Waals surface area contributed by atoms with Gasteiger partial charge in [0.1, 0.15) is 0 Å². The van der Waals surface area contributed by atoms with E-state index in [4.69, 9.17) is 22.4 Å². The number of alkyl halides is 1. The minimum absolute atomic E-state index is 0.245. The van der Waals surface area contributed by atoms with Crippen LogP contribution in [0.2, 0.25) is 0 Å². The Morgan fingerprint density at radius 3 is 2.57 bits per heavy atom. The maximum absolute atomic E-state index is 10.8. The molecular weight excluding hydrogens is 206 g/mol. The lowest BCUT2D eigenvalue weighted by Gasteiger charge is -2.05. The largest absolute Gasteiger partial charge is 0.480 e. The molecule has 1 aromatic carbocycles. The van der Waals surface area contributed by atoms with Gasteiger partial charge in [0.05, 0.1) is 0 Å². The van der Waals surface area contributed by atoms with Gasteiger partial charge in [-0.05, 0) is 17.7 Å². The van der Waals surface area contributed by atoms with Crippen LogP contribution in [0.5, 0.6) is 0 Å². The highest BCUT2D eigenvalue weighted by Gasteiger charge is 2.16. The molecule has 0 aromatic heterocycles.